The van der Waals surface area contributed by atoms with Gasteiger partial charge in [-0.15, -0.1) is 0 Å². The molecular weight excluding hydrogens is 404 g/mol. The molecule has 0 unspecified atom stereocenters. The third-order valence-corrected chi connectivity index (χ3v) is 5.78. The Labute approximate surface area is 179 Å². The van der Waals surface area contributed by atoms with Gasteiger partial charge in [-0.05, 0) is 44.6 Å². The molecule has 0 aliphatic carbocycles. The third-order valence-electron chi connectivity index (χ3n) is 5.57. The Hall–Kier alpha value is -2.71. The number of piperidine rings is 1. The highest BCUT2D eigenvalue weighted by Crippen LogP contribution is 2.27. The fourth-order valence-corrected chi connectivity index (χ4v) is 4.21. The molecule has 30 heavy (non-hydrogen) atoms. The smallest absolute Gasteiger partial charge is 0.318 e. The summed E-state index contributed by atoms with van der Waals surface area (Å²) < 4.78 is 2.88. The van der Waals surface area contributed by atoms with E-state index in [1.54, 1.807) is 17.7 Å². The summed E-state index contributed by atoms with van der Waals surface area (Å²) in [5.74, 6) is 0.932. The van der Waals surface area contributed by atoms with Crippen LogP contribution in [0, 0.1) is 0 Å². The first-order valence-corrected chi connectivity index (χ1v) is 10.3. The van der Waals surface area contributed by atoms with Crippen molar-refractivity contribution in [2.24, 2.45) is 7.05 Å². The summed E-state index contributed by atoms with van der Waals surface area (Å²) in [6, 6.07) is 5.73. The van der Waals surface area contributed by atoms with Gasteiger partial charge in [0.2, 0.25) is 0 Å². The Morgan fingerprint density at radius 2 is 1.83 bits per heavy atom. The molecule has 0 atom stereocenters. The van der Waals surface area contributed by atoms with Crippen molar-refractivity contribution in [2.75, 3.05) is 32.1 Å². The Bertz CT molecular complexity index is 1180. The van der Waals surface area contributed by atoms with Crippen LogP contribution in [0.25, 0.3) is 11.2 Å². The second kappa shape index (κ2) is 8.20. The highest BCUT2D eigenvalue weighted by atomic mass is 35.5. The maximum absolute atomic E-state index is 12.8. The first kappa shape index (κ1) is 20.6. The van der Waals surface area contributed by atoms with Crippen molar-refractivity contribution in [2.45, 2.75) is 25.4 Å². The monoisotopic (exact) mass is 428 g/mol. The quantitative estimate of drug-likeness (QED) is 0.592. The molecule has 4 rings (SSSR count). The minimum atomic E-state index is -0.563. The predicted octanol–water partition coefficient (Wildman–Crippen LogP) is 2.05. The van der Waals surface area contributed by atoms with Crippen LogP contribution in [0.2, 0.25) is 5.02 Å². The Kier molecular flexibility index (Phi) is 5.62. The number of hydrogen-bond donors (Lipinski definition) is 0. The average molecular weight is 429 g/mol. The summed E-state index contributed by atoms with van der Waals surface area (Å²) in [7, 11) is 5.64. The van der Waals surface area contributed by atoms with Crippen LogP contribution in [0.15, 0.2) is 40.2 Å². The number of aryl methyl sites for hydroxylation is 1. The number of nitrogens with zero attached hydrogens (tertiary/aromatic N) is 6. The fraction of sp³-hybridized carbons (Fsp3) is 0.429. The molecule has 9 heteroatoms. The maximum Gasteiger partial charge on any atom is 0.318 e. The van der Waals surface area contributed by atoms with E-state index in [1.807, 2.05) is 26.4 Å². The molecule has 3 aromatic rings. The Morgan fingerprint density at radius 3 is 2.47 bits per heavy atom. The van der Waals surface area contributed by atoms with Crippen molar-refractivity contribution >= 4 is 28.6 Å². The molecule has 8 nitrogen and oxygen atoms in total. The van der Waals surface area contributed by atoms with Crippen LogP contribution in [0.4, 0.5) is 5.82 Å². The molecule has 0 aromatic carbocycles. The van der Waals surface area contributed by atoms with Crippen molar-refractivity contribution in [3.8, 4) is 0 Å². The van der Waals surface area contributed by atoms with E-state index in [0.29, 0.717) is 16.2 Å². The van der Waals surface area contributed by atoms with Gasteiger partial charge < -0.3 is 14.4 Å². The zero-order chi connectivity index (χ0) is 21.4. The van der Waals surface area contributed by atoms with Crippen LogP contribution >= 0.6 is 11.6 Å². The Morgan fingerprint density at radius 1 is 1.10 bits per heavy atom. The van der Waals surface area contributed by atoms with Gasteiger partial charge in [0.15, 0.2) is 5.65 Å². The average Bonchev–Trinajstić information content (AvgIpc) is 2.73. The first-order chi connectivity index (χ1) is 14.3. The molecule has 4 heterocycles. The van der Waals surface area contributed by atoms with Crippen LogP contribution < -0.4 is 16.0 Å². The van der Waals surface area contributed by atoms with Gasteiger partial charge in [-0.2, -0.15) is 0 Å². The number of anilines is 1. The van der Waals surface area contributed by atoms with E-state index < -0.39 is 11.1 Å². The highest BCUT2D eigenvalue weighted by Gasteiger charge is 2.25. The molecule has 1 aliphatic heterocycles. The van der Waals surface area contributed by atoms with Crippen LogP contribution in [0.1, 0.15) is 24.4 Å². The molecule has 0 spiro atoms. The molecular formula is C21H25ClN6O2. The van der Waals surface area contributed by atoms with Crippen LogP contribution in [-0.2, 0) is 13.6 Å². The molecule has 158 valence electrons. The molecule has 1 fully saturated rings. The van der Waals surface area contributed by atoms with Crippen LogP contribution in [-0.4, -0.2) is 51.2 Å². The van der Waals surface area contributed by atoms with Gasteiger partial charge in [-0.25, -0.2) is 9.97 Å². The lowest BCUT2D eigenvalue weighted by Gasteiger charge is -2.34. The standard InChI is InChI=1S/C21H25ClN6O2/c1-25(2)13-14-4-5-18(23-11-14)27-8-6-16(7-9-27)28-19-17(10-15(22)12-24-19)26(3)20(29)21(28)30/h4-5,10-12,16H,6-9,13H2,1-3H3. The second-order valence-corrected chi connectivity index (χ2v) is 8.45. The molecule has 0 bridgehead atoms. The third kappa shape index (κ3) is 3.85. The van der Waals surface area contributed by atoms with E-state index in [4.69, 9.17) is 11.6 Å². The van der Waals surface area contributed by atoms with Crippen LogP contribution in [0.3, 0.4) is 0 Å². The van der Waals surface area contributed by atoms with Crippen LogP contribution in [0.5, 0.6) is 0 Å². The van der Waals surface area contributed by atoms with Crippen molar-refractivity contribution in [3.63, 3.8) is 0 Å². The first-order valence-electron chi connectivity index (χ1n) is 9.96. The molecule has 0 amide bonds. The molecule has 3 aromatic heterocycles. The fourth-order valence-electron chi connectivity index (χ4n) is 4.06. The van der Waals surface area contributed by atoms with E-state index in [0.717, 1.165) is 38.3 Å². The zero-order valence-electron chi connectivity index (χ0n) is 17.4. The predicted molar refractivity (Wildman–Crippen MR) is 118 cm³/mol. The summed E-state index contributed by atoms with van der Waals surface area (Å²) in [5, 5.41) is 0.432. The Balaban J connectivity index is 1.58. The van der Waals surface area contributed by atoms with Gasteiger partial charge in [-0.3, -0.25) is 14.2 Å². The maximum atomic E-state index is 12.8. The minimum absolute atomic E-state index is 0.0909. The van der Waals surface area contributed by atoms with Crippen molar-refractivity contribution in [1.82, 2.24) is 24.0 Å². The van der Waals surface area contributed by atoms with Gasteiger partial charge in [0.05, 0.1) is 10.5 Å². The number of fused-ring (bicyclic) bond motifs is 1. The van der Waals surface area contributed by atoms with E-state index in [-0.39, 0.29) is 6.04 Å². The molecule has 1 saturated heterocycles. The number of pyridine rings is 2. The van der Waals surface area contributed by atoms with Crippen molar-refractivity contribution in [3.05, 3.63) is 61.9 Å². The van der Waals surface area contributed by atoms with E-state index in [9.17, 15) is 9.59 Å². The molecule has 1 aliphatic rings. The van der Waals surface area contributed by atoms with Gasteiger partial charge in [-0.1, -0.05) is 17.7 Å². The number of halogens is 1. The van der Waals surface area contributed by atoms with E-state index in [2.05, 4.69) is 25.8 Å². The van der Waals surface area contributed by atoms with Crippen molar-refractivity contribution < 1.29 is 0 Å². The second-order valence-electron chi connectivity index (χ2n) is 8.02. The molecule has 0 saturated carbocycles. The summed E-state index contributed by atoms with van der Waals surface area (Å²) in [4.78, 5) is 38.6. The summed E-state index contributed by atoms with van der Waals surface area (Å²) in [6.45, 7) is 2.36. The van der Waals surface area contributed by atoms with Gasteiger partial charge in [0, 0.05) is 45.1 Å². The highest BCUT2D eigenvalue weighted by molar-refractivity contribution is 6.31. The lowest BCUT2D eigenvalue weighted by molar-refractivity contribution is 0.390. The summed E-state index contributed by atoms with van der Waals surface area (Å²) >= 11 is 6.07. The number of aromatic nitrogens is 4. The number of hydrogen-bond acceptors (Lipinski definition) is 6. The summed E-state index contributed by atoms with van der Waals surface area (Å²) in [5.41, 5.74) is 1.13. The van der Waals surface area contributed by atoms with Gasteiger partial charge in [0.25, 0.3) is 0 Å². The largest absolute Gasteiger partial charge is 0.356 e. The van der Waals surface area contributed by atoms with E-state index >= 15 is 0 Å². The molecule has 0 N–H and O–H groups in total. The van der Waals surface area contributed by atoms with Gasteiger partial charge >= 0.3 is 11.1 Å². The van der Waals surface area contributed by atoms with Crippen molar-refractivity contribution in [1.29, 1.82) is 0 Å². The number of rotatable bonds is 4. The zero-order valence-corrected chi connectivity index (χ0v) is 18.1. The SMILES string of the molecule is CN(C)Cc1ccc(N2CCC(n3c(=O)c(=O)n(C)c4cc(Cl)cnc43)CC2)nc1. The topological polar surface area (TPSA) is 76.3 Å². The normalized spacial score (nSPS) is 15.3. The summed E-state index contributed by atoms with van der Waals surface area (Å²) in [6.07, 6.45) is 4.88. The molecule has 0 radical (unpaired) electrons. The van der Waals surface area contributed by atoms with E-state index in [1.165, 1.54) is 16.3 Å². The minimum Gasteiger partial charge on any atom is -0.356 e. The lowest BCUT2D eigenvalue weighted by Crippen LogP contribution is -2.45. The lowest BCUT2D eigenvalue weighted by atomic mass is 10.0. The van der Waals surface area contributed by atoms with Gasteiger partial charge in [0.1, 0.15) is 5.82 Å².